The van der Waals surface area contributed by atoms with Gasteiger partial charge in [0, 0.05) is 56.2 Å². The van der Waals surface area contributed by atoms with E-state index >= 15 is 0 Å². The minimum Gasteiger partial charge on any atom is -0.335 e. The van der Waals surface area contributed by atoms with Gasteiger partial charge in [-0.3, -0.25) is 14.7 Å². The van der Waals surface area contributed by atoms with Gasteiger partial charge in [0.15, 0.2) is 5.16 Å². The summed E-state index contributed by atoms with van der Waals surface area (Å²) in [6.07, 6.45) is 5.08. The molecule has 3 aromatic rings. The van der Waals surface area contributed by atoms with Gasteiger partial charge in [0.05, 0.1) is 0 Å². The Kier molecular flexibility index (Phi) is 5.94. The molecule has 0 spiro atoms. The van der Waals surface area contributed by atoms with Gasteiger partial charge in [-0.15, -0.1) is 0 Å². The first-order chi connectivity index (χ1) is 13.8. The average molecular weight is 392 g/mol. The van der Waals surface area contributed by atoms with Gasteiger partial charge >= 0.3 is 0 Å². The molecule has 2 aromatic heterocycles. The third-order valence-corrected chi connectivity index (χ3v) is 5.49. The van der Waals surface area contributed by atoms with Crippen molar-refractivity contribution in [3.8, 4) is 0 Å². The molecule has 0 unspecified atom stereocenters. The Labute approximate surface area is 168 Å². The molecule has 1 saturated heterocycles. The van der Waals surface area contributed by atoms with Crippen molar-refractivity contribution in [2.45, 2.75) is 16.6 Å². The third-order valence-electron chi connectivity index (χ3n) is 4.61. The van der Waals surface area contributed by atoms with Crippen molar-refractivity contribution in [3.05, 3.63) is 78.4 Å². The average Bonchev–Trinajstić information content (AvgIpc) is 2.75. The van der Waals surface area contributed by atoms with E-state index < -0.39 is 0 Å². The molecule has 6 nitrogen and oxygen atoms in total. The van der Waals surface area contributed by atoms with Crippen LogP contribution in [-0.4, -0.2) is 56.8 Å². The Bertz CT molecular complexity index is 914. The molecule has 0 bridgehead atoms. The standard InChI is InChI=1S/C21H21N5OS/c27-20(19-15-18(7-10-22-19)28-21-23-8-4-9-24-21)26-13-11-25(12-14-26)16-17-5-2-1-3-6-17/h1-10,15H,11-14,16H2. The molecule has 142 valence electrons. The van der Waals surface area contributed by atoms with Gasteiger partial charge in [-0.25, -0.2) is 9.97 Å². The Hall–Kier alpha value is -2.77. The van der Waals surface area contributed by atoms with Crippen LogP contribution in [0.5, 0.6) is 0 Å². The van der Waals surface area contributed by atoms with Gasteiger partial charge in [0.25, 0.3) is 5.91 Å². The molecule has 0 N–H and O–H groups in total. The SMILES string of the molecule is O=C(c1cc(Sc2ncccn2)ccn1)N1CCN(Cc2ccccc2)CC1. The number of pyridine rings is 1. The van der Waals surface area contributed by atoms with Crippen LogP contribution in [0.25, 0.3) is 0 Å². The first-order valence-electron chi connectivity index (χ1n) is 9.24. The van der Waals surface area contributed by atoms with Gasteiger partial charge in [0.2, 0.25) is 0 Å². The summed E-state index contributed by atoms with van der Waals surface area (Å²) < 4.78 is 0. The van der Waals surface area contributed by atoms with E-state index in [1.165, 1.54) is 17.3 Å². The second-order valence-electron chi connectivity index (χ2n) is 6.56. The maximum absolute atomic E-state index is 12.9. The summed E-state index contributed by atoms with van der Waals surface area (Å²) in [5.74, 6) is -0.0178. The van der Waals surface area contributed by atoms with Crippen molar-refractivity contribution in [2.24, 2.45) is 0 Å². The summed E-state index contributed by atoms with van der Waals surface area (Å²) in [5.41, 5.74) is 1.77. The number of aromatic nitrogens is 3. The van der Waals surface area contributed by atoms with Gasteiger partial charge in [-0.05, 0) is 35.5 Å². The van der Waals surface area contributed by atoms with Gasteiger partial charge in [-0.2, -0.15) is 0 Å². The van der Waals surface area contributed by atoms with Crippen LogP contribution in [0.1, 0.15) is 16.1 Å². The van der Waals surface area contributed by atoms with Gasteiger partial charge in [-0.1, -0.05) is 30.3 Å². The van der Waals surface area contributed by atoms with Gasteiger partial charge in [0.1, 0.15) is 5.69 Å². The highest BCUT2D eigenvalue weighted by Gasteiger charge is 2.23. The predicted molar refractivity (Wildman–Crippen MR) is 108 cm³/mol. The summed E-state index contributed by atoms with van der Waals surface area (Å²) in [6, 6.07) is 15.9. The smallest absolute Gasteiger partial charge is 0.272 e. The van der Waals surface area contributed by atoms with Crippen LogP contribution >= 0.6 is 11.8 Å². The highest BCUT2D eigenvalue weighted by Crippen LogP contribution is 2.24. The second kappa shape index (κ2) is 8.95. The summed E-state index contributed by atoms with van der Waals surface area (Å²) in [7, 11) is 0. The molecular formula is C21H21N5OS. The summed E-state index contributed by atoms with van der Waals surface area (Å²) in [6.45, 7) is 4.09. The molecule has 3 heterocycles. The predicted octanol–water partition coefficient (Wildman–Crippen LogP) is 2.98. The number of nitrogens with zero attached hydrogens (tertiary/aromatic N) is 5. The van der Waals surface area contributed by atoms with E-state index in [-0.39, 0.29) is 5.91 Å². The first kappa shape index (κ1) is 18.6. The molecule has 1 aliphatic rings. The molecule has 1 aliphatic heterocycles. The van der Waals surface area contributed by atoms with Crippen LogP contribution in [-0.2, 0) is 6.54 Å². The number of carbonyl (C=O) groups is 1. The van der Waals surface area contributed by atoms with E-state index in [9.17, 15) is 4.79 Å². The quantitative estimate of drug-likeness (QED) is 0.623. The minimum atomic E-state index is -0.0178. The highest BCUT2D eigenvalue weighted by molar-refractivity contribution is 7.99. The largest absolute Gasteiger partial charge is 0.335 e. The zero-order chi connectivity index (χ0) is 19.2. The monoisotopic (exact) mass is 391 g/mol. The lowest BCUT2D eigenvalue weighted by molar-refractivity contribution is 0.0622. The van der Waals surface area contributed by atoms with Crippen molar-refractivity contribution in [3.63, 3.8) is 0 Å². The molecule has 0 saturated carbocycles. The molecule has 0 radical (unpaired) electrons. The van der Waals surface area contributed by atoms with Crippen molar-refractivity contribution in [1.82, 2.24) is 24.8 Å². The van der Waals surface area contributed by atoms with Crippen molar-refractivity contribution in [1.29, 1.82) is 0 Å². The van der Waals surface area contributed by atoms with E-state index in [2.05, 4.69) is 44.1 Å². The van der Waals surface area contributed by atoms with Crippen LogP contribution in [0, 0.1) is 0 Å². The number of hydrogen-bond acceptors (Lipinski definition) is 6. The highest BCUT2D eigenvalue weighted by atomic mass is 32.2. The van der Waals surface area contributed by atoms with Crippen molar-refractivity contribution < 1.29 is 4.79 Å². The lowest BCUT2D eigenvalue weighted by Crippen LogP contribution is -2.48. The molecule has 4 rings (SSSR count). The number of benzene rings is 1. The third kappa shape index (κ3) is 4.74. The second-order valence-corrected chi connectivity index (χ2v) is 7.60. The van der Waals surface area contributed by atoms with Crippen LogP contribution in [0.3, 0.4) is 0 Å². The Morgan fingerprint density at radius 2 is 1.64 bits per heavy atom. The van der Waals surface area contributed by atoms with E-state index in [1.54, 1.807) is 24.7 Å². The number of amides is 1. The number of carbonyl (C=O) groups excluding carboxylic acids is 1. The van der Waals surface area contributed by atoms with E-state index in [1.807, 2.05) is 23.1 Å². The van der Waals surface area contributed by atoms with Crippen LogP contribution in [0.4, 0.5) is 0 Å². The topological polar surface area (TPSA) is 62.2 Å². The van der Waals surface area contributed by atoms with Crippen LogP contribution < -0.4 is 0 Å². The lowest BCUT2D eigenvalue weighted by Gasteiger charge is -2.34. The normalized spacial score (nSPS) is 14.8. The Morgan fingerprint density at radius 3 is 2.39 bits per heavy atom. The van der Waals surface area contributed by atoms with Gasteiger partial charge < -0.3 is 4.90 Å². The molecule has 1 amide bonds. The summed E-state index contributed by atoms with van der Waals surface area (Å²) >= 11 is 1.43. The Morgan fingerprint density at radius 1 is 0.893 bits per heavy atom. The number of rotatable bonds is 5. The molecule has 7 heteroatoms. The fourth-order valence-electron chi connectivity index (χ4n) is 3.15. The van der Waals surface area contributed by atoms with Crippen LogP contribution in [0.2, 0.25) is 0 Å². The fraction of sp³-hybridized carbons (Fsp3) is 0.238. The molecular weight excluding hydrogens is 370 g/mol. The van der Waals surface area contributed by atoms with Crippen molar-refractivity contribution >= 4 is 17.7 Å². The zero-order valence-corrected chi connectivity index (χ0v) is 16.3. The van der Waals surface area contributed by atoms with Crippen molar-refractivity contribution in [2.75, 3.05) is 26.2 Å². The molecule has 1 aromatic carbocycles. The molecule has 1 fully saturated rings. The van der Waals surface area contributed by atoms with E-state index in [4.69, 9.17) is 0 Å². The number of hydrogen-bond donors (Lipinski definition) is 0. The van der Waals surface area contributed by atoms with E-state index in [0.717, 1.165) is 24.5 Å². The lowest BCUT2D eigenvalue weighted by atomic mass is 10.2. The number of piperazine rings is 1. The Balaban J connectivity index is 1.35. The van der Waals surface area contributed by atoms with Crippen LogP contribution in [0.15, 0.2) is 77.2 Å². The van der Waals surface area contributed by atoms with E-state index in [0.29, 0.717) is 23.9 Å². The molecule has 0 aliphatic carbocycles. The maximum Gasteiger partial charge on any atom is 0.272 e. The molecule has 0 atom stereocenters. The minimum absolute atomic E-state index is 0.0178. The first-order valence-corrected chi connectivity index (χ1v) is 10.1. The fourth-order valence-corrected chi connectivity index (χ4v) is 3.89. The zero-order valence-electron chi connectivity index (χ0n) is 15.4. The maximum atomic E-state index is 12.9. The summed E-state index contributed by atoms with van der Waals surface area (Å²) in [4.78, 5) is 30.8. The molecule has 28 heavy (non-hydrogen) atoms. The summed E-state index contributed by atoms with van der Waals surface area (Å²) in [5, 5.41) is 0.654.